The molecule has 0 aliphatic carbocycles. The number of hydrazine groups is 1. The third kappa shape index (κ3) is 2.98. The van der Waals surface area contributed by atoms with Crippen molar-refractivity contribution in [3.8, 4) is 0 Å². The SMILES string of the molecule is CCc1ccc(N(C)S(=O)(=O)c2cnccc2NN)cc1. The summed E-state index contributed by atoms with van der Waals surface area (Å²) in [6, 6.07) is 8.89. The summed E-state index contributed by atoms with van der Waals surface area (Å²) in [5.41, 5.74) is 4.42. The molecular weight excluding hydrogens is 288 g/mol. The van der Waals surface area contributed by atoms with E-state index >= 15 is 0 Å². The first-order chi connectivity index (χ1) is 10.0. The molecule has 1 heterocycles. The van der Waals surface area contributed by atoms with Gasteiger partial charge < -0.3 is 5.43 Å². The maximum Gasteiger partial charge on any atom is 0.267 e. The van der Waals surface area contributed by atoms with Gasteiger partial charge in [-0.2, -0.15) is 0 Å². The number of anilines is 2. The molecule has 1 aromatic heterocycles. The summed E-state index contributed by atoms with van der Waals surface area (Å²) in [6.45, 7) is 2.05. The molecule has 0 saturated heterocycles. The fourth-order valence-corrected chi connectivity index (χ4v) is 3.23. The molecule has 0 atom stereocenters. The van der Waals surface area contributed by atoms with Crippen LogP contribution in [-0.4, -0.2) is 20.4 Å². The van der Waals surface area contributed by atoms with Gasteiger partial charge in [0.05, 0.1) is 11.4 Å². The van der Waals surface area contributed by atoms with E-state index in [9.17, 15) is 8.42 Å². The van der Waals surface area contributed by atoms with Gasteiger partial charge in [0.25, 0.3) is 10.0 Å². The van der Waals surface area contributed by atoms with Crippen LogP contribution in [0.3, 0.4) is 0 Å². The van der Waals surface area contributed by atoms with E-state index in [4.69, 9.17) is 5.84 Å². The highest BCUT2D eigenvalue weighted by atomic mass is 32.2. The molecule has 2 rings (SSSR count). The minimum atomic E-state index is -3.73. The minimum Gasteiger partial charge on any atom is -0.323 e. The zero-order valence-electron chi connectivity index (χ0n) is 11.9. The molecule has 0 radical (unpaired) electrons. The van der Waals surface area contributed by atoms with Crippen LogP contribution in [0.5, 0.6) is 0 Å². The molecule has 2 aromatic rings. The highest BCUT2D eigenvalue weighted by Crippen LogP contribution is 2.26. The van der Waals surface area contributed by atoms with Crippen molar-refractivity contribution in [3.63, 3.8) is 0 Å². The zero-order chi connectivity index (χ0) is 15.5. The van der Waals surface area contributed by atoms with Gasteiger partial charge in [0.2, 0.25) is 0 Å². The number of nitrogen functional groups attached to an aromatic ring is 1. The number of pyridine rings is 1. The number of hydrogen-bond acceptors (Lipinski definition) is 5. The Bertz CT molecular complexity index is 714. The Morgan fingerprint density at radius 3 is 2.48 bits per heavy atom. The number of nitrogens with zero attached hydrogens (tertiary/aromatic N) is 2. The van der Waals surface area contributed by atoms with Crippen LogP contribution >= 0.6 is 0 Å². The summed E-state index contributed by atoms with van der Waals surface area (Å²) in [5, 5.41) is 0. The first kappa shape index (κ1) is 15.3. The standard InChI is InChI=1S/C14H18N4O2S/c1-3-11-4-6-12(7-5-11)18(2)21(19,20)14-10-16-9-8-13(14)17-15/h4-10H,3,15H2,1-2H3,(H,16,17). The minimum absolute atomic E-state index is 0.0366. The van der Waals surface area contributed by atoms with Crippen LogP contribution in [0.15, 0.2) is 47.6 Å². The van der Waals surface area contributed by atoms with Crippen LogP contribution in [0, 0.1) is 0 Å². The molecule has 0 aliphatic rings. The van der Waals surface area contributed by atoms with E-state index in [0.717, 1.165) is 12.0 Å². The van der Waals surface area contributed by atoms with Gasteiger partial charge in [-0.3, -0.25) is 15.1 Å². The van der Waals surface area contributed by atoms with Gasteiger partial charge >= 0.3 is 0 Å². The molecule has 0 unspecified atom stereocenters. The Labute approximate surface area is 124 Å². The first-order valence-electron chi connectivity index (χ1n) is 6.49. The molecule has 112 valence electrons. The van der Waals surface area contributed by atoms with Crippen LogP contribution < -0.4 is 15.6 Å². The molecule has 7 heteroatoms. The highest BCUT2D eigenvalue weighted by molar-refractivity contribution is 7.93. The lowest BCUT2D eigenvalue weighted by molar-refractivity contribution is 0.594. The Hall–Kier alpha value is -2.12. The Kier molecular flexibility index (Phi) is 4.44. The quantitative estimate of drug-likeness (QED) is 0.649. The lowest BCUT2D eigenvalue weighted by atomic mass is 10.1. The van der Waals surface area contributed by atoms with Crippen molar-refractivity contribution in [2.24, 2.45) is 5.84 Å². The topological polar surface area (TPSA) is 88.3 Å². The molecule has 3 N–H and O–H groups in total. The smallest absolute Gasteiger partial charge is 0.267 e. The fourth-order valence-electron chi connectivity index (χ4n) is 1.93. The molecule has 0 saturated carbocycles. The predicted molar refractivity (Wildman–Crippen MR) is 83.5 cm³/mol. The number of aromatic nitrogens is 1. The summed E-state index contributed by atoms with van der Waals surface area (Å²) in [5.74, 6) is 5.36. The molecule has 1 aromatic carbocycles. The van der Waals surface area contributed by atoms with Gasteiger partial charge in [0.15, 0.2) is 0 Å². The molecule has 0 fully saturated rings. The average Bonchev–Trinajstić information content (AvgIpc) is 2.54. The molecule has 0 aliphatic heterocycles. The molecular formula is C14H18N4O2S. The third-order valence-corrected chi connectivity index (χ3v) is 5.10. The Morgan fingerprint density at radius 2 is 1.90 bits per heavy atom. The van der Waals surface area contributed by atoms with E-state index in [1.54, 1.807) is 12.1 Å². The fraction of sp³-hybridized carbons (Fsp3) is 0.214. The Morgan fingerprint density at radius 1 is 1.24 bits per heavy atom. The second-order valence-electron chi connectivity index (χ2n) is 4.51. The predicted octanol–water partition coefficient (Wildman–Crippen LogP) is 1.75. The van der Waals surface area contributed by atoms with Crippen LogP contribution in [0.2, 0.25) is 0 Å². The largest absolute Gasteiger partial charge is 0.323 e. The summed E-state index contributed by atoms with van der Waals surface area (Å²) < 4.78 is 26.5. The second-order valence-corrected chi connectivity index (χ2v) is 6.45. The van der Waals surface area contributed by atoms with Crippen molar-refractivity contribution in [2.45, 2.75) is 18.2 Å². The van der Waals surface area contributed by atoms with Crippen LogP contribution in [0.4, 0.5) is 11.4 Å². The van der Waals surface area contributed by atoms with Gasteiger partial charge in [-0.15, -0.1) is 0 Å². The number of hydrogen-bond donors (Lipinski definition) is 2. The van der Waals surface area contributed by atoms with Crippen molar-refractivity contribution < 1.29 is 8.42 Å². The van der Waals surface area contributed by atoms with Crippen LogP contribution in [-0.2, 0) is 16.4 Å². The zero-order valence-corrected chi connectivity index (χ0v) is 12.8. The highest BCUT2D eigenvalue weighted by Gasteiger charge is 2.24. The first-order valence-corrected chi connectivity index (χ1v) is 7.93. The van der Waals surface area contributed by atoms with E-state index in [1.807, 2.05) is 19.1 Å². The van der Waals surface area contributed by atoms with Crippen molar-refractivity contribution in [2.75, 3.05) is 16.8 Å². The maximum atomic E-state index is 12.7. The number of nitrogens with one attached hydrogen (secondary N) is 1. The summed E-state index contributed by atoms with van der Waals surface area (Å²) >= 11 is 0. The van der Waals surface area contributed by atoms with Crippen molar-refractivity contribution >= 4 is 21.4 Å². The molecule has 0 spiro atoms. The molecule has 21 heavy (non-hydrogen) atoms. The number of nitrogens with two attached hydrogens (primary N) is 1. The van der Waals surface area contributed by atoms with Gasteiger partial charge in [0.1, 0.15) is 4.90 Å². The monoisotopic (exact) mass is 306 g/mol. The lowest BCUT2D eigenvalue weighted by Gasteiger charge is -2.21. The summed E-state index contributed by atoms with van der Waals surface area (Å²) in [4.78, 5) is 3.90. The second kappa shape index (κ2) is 6.11. The van der Waals surface area contributed by atoms with Gasteiger partial charge in [-0.05, 0) is 30.2 Å². The van der Waals surface area contributed by atoms with Crippen LogP contribution in [0.25, 0.3) is 0 Å². The molecule has 6 nitrogen and oxygen atoms in total. The maximum absolute atomic E-state index is 12.7. The summed E-state index contributed by atoms with van der Waals surface area (Å²) in [6.07, 6.45) is 3.66. The van der Waals surface area contributed by atoms with E-state index in [-0.39, 0.29) is 4.90 Å². The van der Waals surface area contributed by atoms with E-state index < -0.39 is 10.0 Å². The molecule has 0 amide bonds. The normalized spacial score (nSPS) is 11.2. The summed E-state index contributed by atoms with van der Waals surface area (Å²) in [7, 11) is -2.22. The van der Waals surface area contributed by atoms with Crippen molar-refractivity contribution in [3.05, 3.63) is 48.3 Å². The van der Waals surface area contributed by atoms with Gasteiger partial charge in [0, 0.05) is 19.4 Å². The average molecular weight is 306 g/mol. The molecule has 0 bridgehead atoms. The number of sulfonamides is 1. The number of rotatable bonds is 5. The van der Waals surface area contributed by atoms with Crippen molar-refractivity contribution in [1.29, 1.82) is 0 Å². The lowest BCUT2D eigenvalue weighted by Crippen LogP contribution is -2.28. The van der Waals surface area contributed by atoms with Crippen molar-refractivity contribution in [1.82, 2.24) is 4.98 Å². The third-order valence-electron chi connectivity index (χ3n) is 3.29. The van der Waals surface area contributed by atoms with Crippen LogP contribution in [0.1, 0.15) is 12.5 Å². The number of aryl methyl sites for hydroxylation is 1. The number of benzene rings is 1. The van der Waals surface area contributed by atoms with Gasteiger partial charge in [-0.25, -0.2) is 8.42 Å². The van der Waals surface area contributed by atoms with E-state index in [1.165, 1.54) is 29.8 Å². The van der Waals surface area contributed by atoms with E-state index in [2.05, 4.69) is 10.4 Å². The van der Waals surface area contributed by atoms with Gasteiger partial charge in [-0.1, -0.05) is 19.1 Å². The Balaban J connectivity index is 2.42. The van der Waals surface area contributed by atoms with E-state index in [0.29, 0.717) is 11.4 Å².